The minimum Gasteiger partial charge on any atom is -0.472 e. The van der Waals surface area contributed by atoms with Gasteiger partial charge in [0.2, 0.25) is 33.6 Å². The Bertz CT molecular complexity index is 1950. The zero-order valence-corrected chi connectivity index (χ0v) is 29.6. The van der Waals surface area contributed by atoms with Gasteiger partial charge in [-0.15, -0.1) is 6.58 Å². The van der Waals surface area contributed by atoms with Crippen LogP contribution in [0.5, 0.6) is 5.88 Å². The zero-order chi connectivity index (χ0) is 37.2. The van der Waals surface area contributed by atoms with Gasteiger partial charge in [-0.05, 0) is 61.3 Å². The van der Waals surface area contributed by atoms with Gasteiger partial charge in [-0.25, -0.2) is 18.2 Å². The molecule has 16 heteroatoms. The van der Waals surface area contributed by atoms with Gasteiger partial charge in [0.15, 0.2) is 0 Å². The molecular formula is C36H42N6O9S. The van der Waals surface area contributed by atoms with Crippen LogP contribution in [0.4, 0.5) is 4.79 Å². The lowest BCUT2D eigenvalue weighted by Crippen LogP contribution is -2.59. The maximum absolute atomic E-state index is 14.4. The zero-order valence-electron chi connectivity index (χ0n) is 28.8. The van der Waals surface area contributed by atoms with Crippen LogP contribution in [0.3, 0.4) is 0 Å². The quantitative estimate of drug-likeness (QED) is 0.253. The van der Waals surface area contributed by atoms with Crippen LogP contribution in [0.15, 0.2) is 61.8 Å². The lowest BCUT2D eigenvalue weighted by atomic mass is 10.1. The summed E-state index contributed by atoms with van der Waals surface area (Å²) in [6.07, 6.45) is 8.41. The van der Waals surface area contributed by atoms with Crippen LogP contribution < -0.4 is 20.1 Å². The number of likely N-dealkylation sites (N-methyl/N-ethyl adjacent to an activating group) is 1. The summed E-state index contributed by atoms with van der Waals surface area (Å²) in [6, 6.07) is 5.06. The van der Waals surface area contributed by atoms with Crippen molar-refractivity contribution < 1.29 is 41.9 Å². The number of nitrogens with one attached hydrogen (secondary N) is 3. The fourth-order valence-electron chi connectivity index (χ4n) is 6.58. The van der Waals surface area contributed by atoms with Crippen LogP contribution in [0, 0.1) is 5.92 Å². The van der Waals surface area contributed by atoms with Crippen molar-refractivity contribution in [2.24, 2.45) is 5.92 Å². The number of carbonyl (C=O) groups is 5. The first kappa shape index (κ1) is 36.5. The molecule has 15 nitrogen and oxygen atoms in total. The summed E-state index contributed by atoms with van der Waals surface area (Å²) in [6.45, 7) is 6.88. The molecule has 3 fully saturated rings. The fourth-order valence-corrected chi connectivity index (χ4v) is 7.95. The molecule has 276 valence electrons. The van der Waals surface area contributed by atoms with Crippen LogP contribution in [0.25, 0.3) is 16.8 Å². The molecule has 5 amide bonds. The van der Waals surface area contributed by atoms with Crippen molar-refractivity contribution in [1.82, 2.24) is 30.1 Å². The molecular weight excluding hydrogens is 692 g/mol. The number of ether oxygens (including phenoxy) is 2. The average molecular weight is 735 g/mol. The molecule has 1 aromatic carbocycles. The second-order valence-electron chi connectivity index (χ2n) is 13.6. The number of allylic oxidation sites excluding steroid dienone is 1. The Labute approximate surface area is 301 Å². The highest BCUT2D eigenvalue weighted by Gasteiger charge is 2.62. The molecule has 4 bridgehead atoms. The minimum absolute atomic E-state index is 0.0370. The van der Waals surface area contributed by atoms with E-state index in [0.717, 1.165) is 17.0 Å². The highest BCUT2D eigenvalue weighted by atomic mass is 32.2. The van der Waals surface area contributed by atoms with E-state index in [0.29, 0.717) is 31.1 Å². The molecule has 1 saturated heterocycles. The standard InChI is InChI=1S/C36H42N6O9S/c1-4-24-19-36(24,34(46)40-52(48,49)26-12-13-26)39-31(44)29-18-25-20-42(29)33(45)28(21-41(3)30(43)5-2)38-35(47)50-16-8-6-7-9-22-10-11-23-14-15-37-32(51-25)27(23)17-22/h4-5,7,9-11,14-15,17,24-26,28-29H,1-2,6,8,12-13,16,18-21H2,3H3,(H,38,47)(H,39,44)(H,40,46)/b9-7+/t24-,25?,28+,29+,36-/m1/s1. The lowest BCUT2D eigenvalue weighted by molar-refractivity contribution is -0.141. The molecule has 2 aliphatic heterocycles. The number of hydrogen-bond donors (Lipinski definition) is 3. The topological polar surface area (TPSA) is 193 Å². The number of benzene rings is 1. The molecule has 2 saturated carbocycles. The first-order valence-corrected chi connectivity index (χ1v) is 18.7. The molecule has 3 heterocycles. The number of nitrogens with zero attached hydrogens (tertiary/aromatic N) is 3. The second-order valence-corrected chi connectivity index (χ2v) is 15.5. The van der Waals surface area contributed by atoms with Crippen molar-refractivity contribution in [3.8, 4) is 5.88 Å². The molecule has 2 aliphatic carbocycles. The fraction of sp³-hybridized carbons (Fsp3) is 0.444. The second kappa shape index (κ2) is 14.8. The Hall–Kier alpha value is -5.25. The molecule has 0 spiro atoms. The van der Waals surface area contributed by atoms with Gasteiger partial charge in [0.25, 0.3) is 5.91 Å². The molecule has 4 aliphatic rings. The Morgan fingerprint density at radius 3 is 2.69 bits per heavy atom. The summed E-state index contributed by atoms with van der Waals surface area (Å²) in [4.78, 5) is 74.4. The van der Waals surface area contributed by atoms with Crippen molar-refractivity contribution in [3.05, 3.63) is 67.4 Å². The molecule has 2 aromatic rings. The smallest absolute Gasteiger partial charge is 0.407 e. The number of carbonyl (C=O) groups excluding carboxylic acids is 5. The van der Waals surface area contributed by atoms with E-state index < -0.39 is 74.6 Å². The number of hydrogen-bond acceptors (Lipinski definition) is 10. The summed E-state index contributed by atoms with van der Waals surface area (Å²) >= 11 is 0. The van der Waals surface area contributed by atoms with E-state index in [1.54, 1.807) is 6.20 Å². The van der Waals surface area contributed by atoms with E-state index in [1.807, 2.05) is 36.4 Å². The number of fused-ring (bicyclic) bond motifs is 3. The molecule has 3 N–H and O–H groups in total. The maximum atomic E-state index is 14.4. The number of aromatic nitrogens is 1. The highest BCUT2D eigenvalue weighted by Crippen LogP contribution is 2.45. The van der Waals surface area contributed by atoms with E-state index in [1.165, 1.54) is 22.9 Å². The van der Waals surface area contributed by atoms with E-state index in [2.05, 4.69) is 33.5 Å². The Morgan fingerprint density at radius 1 is 1.19 bits per heavy atom. The third-order valence-electron chi connectivity index (χ3n) is 9.79. The van der Waals surface area contributed by atoms with Gasteiger partial charge in [-0.3, -0.25) is 23.9 Å². The molecule has 1 aromatic heterocycles. The lowest BCUT2D eigenvalue weighted by Gasteiger charge is -2.31. The summed E-state index contributed by atoms with van der Waals surface area (Å²) in [5.41, 5.74) is -0.708. The first-order chi connectivity index (χ1) is 24.8. The SMILES string of the molecule is C=CC(=O)N(C)C[C@@H]1NC(=O)OCCC/C=C/c2ccc3ccnc(c3c2)OC2C[C@@H](C(=O)N[C@]3(C(=O)NS(=O)(=O)C4CC4)C[C@H]3C=C)N(C2)C1=O. The normalized spacial score (nSPS) is 26.8. The Kier molecular flexibility index (Phi) is 10.4. The number of alkyl carbamates (subject to hydrolysis) is 1. The van der Waals surface area contributed by atoms with Gasteiger partial charge in [-0.1, -0.05) is 36.9 Å². The van der Waals surface area contributed by atoms with Crippen molar-refractivity contribution in [2.75, 3.05) is 26.7 Å². The first-order valence-electron chi connectivity index (χ1n) is 17.2. The van der Waals surface area contributed by atoms with Gasteiger partial charge in [0.05, 0.1) is 24.9 Å². The predicted octanol–water partition coefficient (Wildman–Crippen LogP) is 1.80. The van der Waals surface area contributed by atoms with Crippen LogP contribution in [0.1, 0.15) is 44.1 Å². The Balaban J connectivity index is 1.34. The van der Waals surface area contributed by atoms with Gasteiger partial charge >= 0.3 is 6.09 Å². The van der Waals surface area contributed by atoms with Crippen LogP contribution >= 0.6 is 0 Å². The average Bonchev–Trinajstić information content (AvgIpc) is 4.05. The van der Waals surface area contributed by atoms with Crippen LogP contribution in [0.2, 0.25) is 0 Å². The molecule has 0 radical (unpaired) electrons. The molecule has 1 unspecified atom stereocenters. The van der Waals surface area contributed by atoms with E-state index in [9.17, 15) is 32.4 Å². The van der Waals surface area contributed by atoms with E-state index in [4.69, 9.17) is 9.47 Å². The monoisotopic (exact) mass is 734 g/mol. The van der Waals surface area contributed by atoms with E-state index in [-0.39, 0.29) is 38.4 Å². The largest absolute Gasteiger partial charge is 0.472 e. The van der Waals surface area contributed by atoms with Gasteiger partial charge in [0, 0.05) is 31.0 Å². The summed E-state index contributed by atoms with van der Waals surface area (Å²) < 4.78 is 39.2. The molecule has 5 atom stereocenters. The predicted molar refractivity (Wildman–Crippen MR) is 190 cm³/mol. The van der Waals surface area contributed by atoms with Crippen molar-refractivity contribution >= 4 is 56.6 Å². The third-order valence-corrected chi connectivity index (χ3v) is 11.6. The van der Waals surface area contributed by atoms with E-state index >= 15 is 0 Å². The summed E-state index contributed by atoms with van der Waals surface area (Å²) in [7, 11) is -2.49. The number of rotatable bonds is 9. The molecule has 6 rings (SSSR count). The highest BCUT2D eigenvalue weighted by molar-refractivity contribution is 7.91. The van der Waals surface area contributed by atoms with Gasteiger partial charge < -0.3 is 29.9 Å². The number of pyridine rings is 1. The minimum atomic E-state index is -3.93. The van der Waals surface area contributed by atoms with Crippen LogP contribution in [-0.4, -0.2) is 109 Å². The van der Waals surface area contributed by atoms with Crippen molar-refractivity contribution in [1.29, 1.82) is 0 Å². The van der Waals surface area contributed by atoms with Gasteiger partial charge in [0.1, 0.15) is 23.7 Å². The number of amides is 5. The summed E-state index contributed by atoms with van der Waals surface area (Å²) in [5, 5.41) is 6.21. The number of cyclic esters (lactones) is 1. The number of sulfonamides is 1. The maximum Gasteiger partial charge on any atom is 0.407 e. The Morgan fingerprint density at radius 2 is 1.98 bits per heavy atom. The molecule has 52 heavy (non-hydrogen) atoms. The third kappa shape index (κ3) is 7.81. The van der Waals surface area contributed by atoms with Crippen molar-refractivity contribution in [3.63, 3.8) is 0 Å². The van der Waals surface area contributed by atoms with Gasteiger partial charge in [-0.2, -0.15) is 0 Å². The van der Waals surface area contributed by atoms with Crippen LogP contribution in [-0.2, 0) is 33.9 Å². The van der Waals surface area contributed by atoms with Crippen molar-refractivity contribution in [2.45, 2.75) is 67.5 Å². The summed E-state index contributed by atoms with van der Waals surface area (Å²) in [5.74, 6) is -3.10.